The van der Waals surface area contributed by atoms with Crippen molar-refractivity contribution in [2.24, 2.45) is 79.5 Å². The van der Waals surface area contributed by atoms with Crippen molar-refractivity contribution in [2.75, 3.05) is 6.54 Å². The summed E-state index contributed by atoms with van der Waals surface area (Å²) in [5.41, 5.74) is 7.04. The van der Waals surface area contributed by atoms with E-state index in [0.717, 1.165) is 30.4 Å². The highest BCUT2D eigenvalue weighted by Crippen LogP contribution is 2.85. The molecule has 9 aliphatic carbocycles. The third-order valence-corrected chi connectivity index (χ3v) is 19.0. The fourth-order valence-corrected chi connectivity index (χ4v) is 16.7. The molecule has 0 aromatic heterocycles. The van der Waals surface area contributed by atoms with Crippen LogP contribution in [0.1, 0.15) is 104 Å². The number of nitrogens with two attached hydrogens (primary N) is 2. The summed E-state index contributed by atoms with van der Waals surface area (Å²) in [5.74, 6) is -7.95. The summed E-state index contributed by atoms with van der Waals surface area (Å²) in [5, 5.41) is 52.4. The van der Waals surface area contributed by atoms with Crippen LogP contribution in [0.3, 0.4) is 0 Å². The Morgan fingerprint density at radius 1 is 1.00 bits per heavy atom. The monoisotopic (exact) mass is 843 g/mol. The summed E-state index contributed by atoms with van der Waals surface area (Å²) in [4.78, 5) is 62.0. The molecule has 0 radical (unpaired) electrons. The van der Waals surface area contributed by atoms with Crippen molar-refractivity contribution in [1.82, 2.24) is 0 Å². The number of hydrogen-bond acceptors (Lipinski definition) is 8. The lowest BCUT2D eigenvalue weighted by Crippen LogP contribution is -2.72. The number of guanidine groups is 1. The van der Waals surface area contributed by atoms with Gasteiger partial charge >= 0.3 is 5.97 Å². The molecule has 9 aliphatic rings. The summed E-state index contributed by atoms with van der Waals surface area (Å²) in [6.45, 7) is 9.18. The average molecular weight is 844 g/mol. The van der Waals surface area contributed by atoms with Gasteiger partial charge in [-0.3, -0.25) is 24.2 Å². The van der Waals surface area contributed by atoms with Crippen molar-refractivity contribution in [1.29, 1.82) is 0 Å². The molecule has 1 spiro atoms. The molecule has 62 heavy (non-hydrogen) atoms. The molecule has 0 saturated heterocycles. The molecule has 13 unspecified atom stereocenters. The van der Waals surface area contributed by atoms with E-state index in [1.54, 1.807) is 0 Å². The van der Waals surface area contributed by atoms with E-state index in [1.165, 1.54) is 6.92 Å². The van der Waals surface area contributed by atoms with Crippen molar-refractivity contribution in [2.45, 2.75) is 116 Å². The van der Waals surface area contributed by atoms with E-state index < -0.39 is 91.6 Å². The molecule has 1 aromatic carbocycles. The van der Waals surface area contributed by atoms with Crippen LogP contribution >= 0.6 is 0 Å². The van der Waals surface area contributed by atoms with Gasteiger partial charge in [-0.15, -0.1) is 0 Å². The first-order valence-electron chi connectivity index (χ1n) is 22.9. The lowest BCUT2D eigenvalue weighted by atomic mass is 9.33. The van der Waals surface area contributed by atoms with Crippen molar-refractivity contribution in [3.05, 3.63) is 87.6 Å². The van der Waals surface area contributed by atoms with Crippen LogP contribution in [0.5, 0.6) is 0 Å². The summed E-state index contributed by atoms with van der Waals surface area (Å²) >= 11 is 0. The van der Waals surface area contributed by atoms with Crippen LogP contribution in [0.15, 0.2) is 87.0 Å². The van der Waals surface area contributed by atoms with E-state index in [1.807, 2.05) is 69.3 Å². The first-order valence-corrected chi connectivity index (χ1v) is 22.9. The molecule has 328 valence electrons. The van der Waals surface area contributed by atoms with Crippen molar-refractivity contribution >= 4 is 35.4 Å². The van der Waals surface area contributed by atoms with Crippen LogP contribution in [0.2, 0.25) is 0 Å². The maximum atomic E-state index is 16.0. The molecular weight excluding hydrogens is 783 g/mol. The molecule has 0 amide bonds. The van der Waals surface area contributed by atoms with Crippen LogP contribution < -0.4 is 11.5 Å². The Morgan fingerprint density at radius 2 is 1.71 bits per heavy atom. The topological polar surface area (TPSA) is 214 Å². The van der Waals surface area contributed by atoms with E-state index >= 15 is 4.79 Å². The van der Waals surface area contributed by atoms with Gasteiger partial charge in [-0.25, -0.2) is 0 Å². The number of ketones is 3. The maximum Gasteiger partial charge on any atom is 0.313 e. The second kappa shape index (κ2) is 13.1. The number of carboxylic acids is 1. The highest BCUT2D eigenvalue weighted by Gasteiger charge is 2.86. The number of carboxylic acid groups (broad SMARTS) is 1. The zero-order chi connectivity index (χ0) is 44.3. The zero-order valence-corrected chi connectivity index (χ0v) is 36.5. The summed E-state index contributed by atoms with van der Waals surface area (Å²) in [6, 6.07) is 9.92. The van der Waals surface area contributed by atoms with E-state index in [2.05, 4.69) is 18.0 Å². The first kappa shape index (κ1) is 41.6. The third-order valence-electron chi connectivity index (χ3n) is 19.0. The van der Waals surface area contributed by atoms with Gasteiger partial charge in [0.1, 0.15) is 22.9 Å². The highest BCUT2D eigenvalue weighted by atomic mass is 16.4. The van der Waals surface area contributed by atoms with Gasteiger partial charge in [-0.05, 0) is 96.1 Å². The minimum absolute atomic E-state index is 0.0583. The molecule has 13 atom stereocenters. The van der Waals surface area contributed by atoms with E-state index in [9.17, 15) is 34.8 Å². The Hall–Kier alpha value is -4.45. The summed E-state index contributed by atoms with van der Waals surface area (Å²) in [6.07, 6.45) is 13.0. The Morgan fingerprint density at radius 3 is 2.40 bits per heavy atom. The van der Waals surface area contributed by atoms with Crippen molar-refractivity contribution in [3.8, 4) is 0 Å². The number of rotatable bonds is 7. The number of carbonyl (C=O) groups excluding carboxylic acids is 3. The molecule has 0 heterocycles. The number of aliphatic carboxylic acids is 1. The van der Waals surface area contributed by atoms with Crippen LogP contribution in [0, 0.1) is 63.1 Å². The fourth-order valence-electron chi connectivity index (χ4n) is 16.7. The molecule has 11 heteroatoms. The summed E-state index contributed by atoms with van der Waals surface area (Å²) in [7, 11) is 0. The predicted octanol–water partition coefficient (Wildman–Crippen LogP) is 5.79. The minimum Gasteiger partial charge on any atom is -0.481 e. The van der Waals surface area contributed by atoms with Gasteiger partial charge < -0.3 is 31.9 Å². The first-order chi connectivity index (χ1) is 29.2. The van der Waals surface area contributed by atoms with Crippen LogP contribution in [-0.2, 0) is 19.2 Å². The highest BCUT2D eigenvalue weighted by molar-refractivity contribution is 6.06. The SMILES string of the molecule is CC(C(=O)O)C(=O)C1(O)C2=CCC3=C2C2C(C(C)C1CN=C(N)N)C14CCCCCC56CCC(=O)C(C)(C)C5C(C=Cc5ccccc5)C5(O)C=C(C3)C2(O)C1(C)C5=C6C(=O)C4. The number of hydrogen-bond donors (Lipinski definition) is 6. The number of aliphatic imine (C=N–C) groups is 1. The lowest BCUT2D eigenvalue weighted by molar-refractivity contribution is -0.172. The van der Waals surface area contributed by atoms with E-state index in [-0.39, 0.29) is 36.9 Å². The molecule has 11 nitrogen and oxygen atoms in total. The second-order valence-corrected chi connectivity index (χ2v) is 21.5. The maximum absolute atomic E-state index is 16.0. The van der Waals surface area contributed by atoms with Gasteiger partial charge in [-0.1, -0.05) is 101 Å². The fraction of sp³-hybridized carbons (Fsp3) is 0.588. The van der Waals surface area contributed by atoms with Gasteiger partial charge in [-0.2, -0.15) is 0 Å². The number of carbonyl (C=O) groups is 4. The van der Waals surface area contributed by atoms with Crippen LogP contribution in [0.4, 0.5) is 0 Å². The minimum atomic E-state index is -2.33. The van der Waals surface area contributed by atoms with E-state index in [4.69, 9.17) is 11.5 Å². The second-order valence-electron chi connectivity index (χ2n) is 21.5. The number of nitrogens with zero attached hydrogens (tertiary/aromatic N) is 1. The van der Waals surface area contributed by atoms with Gasteiger partial charge in [0.05, 0.1) is 0 Å². The smallest absolute Gasteiger partial charge is 0.313 e. The number of benzene rings is 1. The molecule has 0 aliphatic heterocycles. The quantitative estimate of drug-likeness (QED) is 0.0842. The van der Waals surface area contributed by atoms with E-state index in [0.29, 0.717) is 60.0 Å². The predicted molar refractivity (Wildman–Crippen MR) is 233 cm³/mol. The van der Waals surface area contributed by atoms with Gasteiger partial charge in [0.15, 0.2) is 23.1 Å². The lowest BCUT2D eigenvalue weighted by Gasteiger charge is -2.70. The Labute approximate surface area is 363 Å². The van der Waals surface area contributed by atoms with Crippen LogP contribution in [-0.4, -0.2) is 73.1 Å². The molecular formula is C51H61N3O8. The van der Waals surface area contributed by atoms with Gasteiger partial charge in [0.25, 0.3) is 0 Å². The Kier molecular flexibility index (Phi) is 8.76. The molecule has 4 bridgehead atoms. The molecule has 8 N–H and O–H groups in total. The third kappa shape index (κ3) is 4.65. The number of allylic oxidation sites excluding steroid dienone is 3. The Balaban J connectivity index is 1.32. The zero-order valence-electron chi connectivity index (χ0n) is 36.5. The molecule has 3 saturated carbocycles. The summed E-state index contributed by atoms with van der Waals surface area (Å²) < 4.78 is 0. The molecule has 1 aromatic rings. The standard InChI is InChI=1S/C51H61N3O8/c1-26-33(25-54-44(52)53)50(61,42(57)27(2)43(58)59)31-17-15-29-22-30-23-49(60)32(16-14-28-12-8-6-9-13-28)40-45(3,4)35(56)18-21-47(40)19-10-7-11-20-48-24-34(55)38(47)41(49)46(48,5)51(30,62)39(36(29)31)37(26)48/h6,8-9,12-14,16-17,23,26-27,32-33,37,39-40,60-62H,7,10-11,15,18-22,24-25H2,1-5H3,(H,58,59)(H4,52,53,54). The Bertz CT molecular complexity index is 2440. The van der Waals surface area contributed by atoms with Gasteiger partial charge in [0, 0.05) is 59.0 Å². The van der Waals surface area contributed by atoms with Crippen molar-refractivity contribution in [3.63, 3.8) is 0 Å². The number of aliphatic hydroxyl groups is 3. The molecule has 10 rings (SSSR count). The van der Waals surface area contributed by atoms with Gasteiger partial charge in [0.2, 0.25) is 0 Å². The van der Waals surface area contributed by atoms with Crippen LogP contribution in [0.25, 0.3) is 6.08 Å². The largest absolute Gasteiger partial charge is 0.481 e. The molecule has 3 fully saturated rings. The number of Topliss-reactive ketones (excluding diaryl/α,β-unsaturated/α-hetero) is 3. The normalized spacial score (nSPS) is 43.7. The van der Waals surface area contributed by atoms with Crippen molar-refractivity contribution < 1.29 is 39.6 Å². The average Bonchev–Trinajstić information content (AvgIpc) is 3.69.